The van der Waals surface area contributed by atoms with E-state index in [9.17, 15) is 4.79 Å². The first-order valence-electron chi connectivity index (χ1n) is 5.22. The zero-order chi connectivity index (χ0) is 12.8. The molecule has 2 aromatic rings. The smallest absolute Gasteiger partial charge is 0.371 e. The Labute approximate surface area is 107 Å². The number of carboxylic acids is 1. The van der Waals surface area contributed by atoms with E-state index >= 15 is 0 Å². The first-order valence-corrected chi connectivity index (χ1v) is 6.01. The number of carboxylic acid groups (broad SMARTS) is 1. The van der Waals surface area contributed by atoms with Gasteiger partial charge < -0.3 is 10.1 Å². The van der Waals surface area contributed by atoms with Crippen LogP contribution in [-0.4, -0.2) is 21.0 Å². The SMILES string of the molecule is CC(C)(C)c1cc(Br)c2nc(C(=O)O)[nH]c2c1. The van der Waals surface area contributed by atoms with Gasteiger partial charge in [-0.3, -0.25) is 0 Å². The number of rotatable bonds is 1. The van der Waals surface area contributed by atoms with Crippen LogP contribution in [0.15, 0.2) is 16.6 Å². The van der Waals surface area contributed by atoms with Crippen molar-refractivity contribution >= 4 is 32.9 Å². The van der Waals surface area contributed by atoms with Crippen LogP contribution in [0.1, 0.15) is 37.0 Å². The molecule has 17 heavy (non-hydrogen) atoms. The van der Waals surface area contributed by atoms with Gasteiger partial charge in [0.15, 0.2) is 0 Å². The summed E-state index contributed by atoms with van der Waals surface area (Å²) in [6.45, 7) is 6.32. The number of carbonyl (C=O) groups is 1. The third-order valence-electron chi connectivity index (χ3n) is 2.61. The number of H-pyrrole nitrogens is 1. The molecule has 4 nitrogen and oxygen atoms in total. The molecule has 1 aromatic carbocycles. The number of fused-ring (bicyclic) bond motifs is 1. The minimum atomic E-state index is -1.05. The molecule has 0 aliphatic rings. The molecule has 0 unspecified atom stereocenters. The number of aromatic carboxylic acids is 1. The molecule has 0 amide bonds. The highest BCUT2D eigenvalue weighted by Gasteiger charge is 2.18. The molecule has 0 atom stereocenters. The van der Waals surface area contributed by atoms with Gasteiger partial charge in [-0.2, -0.15) is 0 Å². The number of halogens is 1. The predicted octanol–water partition coefficient (Wildman–Crippen LogP) is 3.32. The quantitative estimate of drug-likeness (QED) is 0.848. The molecule has 2 rings (SSSR count). The molecule has 1 heterocycles. The number of hydrogen-bond donors (Lipinski definition) is 2. The largest absolute Gasteiger partial charge is 0.475 e. The van der Waals surface area contributed by atoms with Crippen molar-refractivity contribution in [3.8, 4) is 0 Å². The standard InChI is InChI=1S/C12H13BrN2O2/c1-12(2,3)6-4-7(13)9-8(5-6)14-10(15-9)11(16)17/h4-5H,1-3H3,(H,14,15)(H,16,17). The van der Waals surface area contributed by atoms with Gasteiger partial charge in [0, 0.05) is 4.47 Å². The van der Waals surface area contributed by atoms with Gasteiger partial charge in [0.05, 0.1) is 5.52 Å². The maximum atomic E-state index is 10.9. The second-order valence-corrected chi connectivity index (χ2v) is 5.85. The highest BCUT2D eigenvalue weighted by molar-refractivity contribution is 9.10. The second kappa shape index (κ2) is 3.84. The molecule has 90 valence electrons. The lowest BCUT2D eigenvalue weighted by atomic mass is 9.87. The van der Waals surface area contributed by atoms with Crippen molar-refractivity contribution in [1.82, 2.24) is 9.97 Å². The van der Waals surface area contributed by atoms with E-state index in [4.69, 9.17) is 5.11 Å². The topological polar surface area (TPSA) is 66.0 Å². The second-order valence-electron chi connectivity index (χ2n) is 4.99. The van der Waals surface area contributed by atoms with Gasteiger partial charge in [-0.1, -0.05) is 20.8 Å². The molecule has 0 fully saturated rings. The first-order chi connectivity index (χ1) is 7.79. The number of imidazole rings is 1. The molecule has 0 spiro atoms. The van der Waals surface area contributed by atoms with Crippen molar-refractivity contribution in [2.45, 2.75) is 26.2 Å². The summed E-state index contributed by atoms with van der Waals surface area (Å²) in [7, 11) is 0. The van der Waals surface area contributed by atoms with Gasteiger partial charge >= 0.3 is 5.97 Å². The molecule has 0 saturated heterocycles. The third kappa shape index (κ3) is 2.20. The van der Waals surface area contributed by atoms with E-state index in [1.54, 1.807) is 0 Å². The number of hydrogen-bond acceptors (Lipinski definition) is 2. The van der Waals surface area contributed by atoms with Crippen LogP contribution in [-0.2, 0) is 5.41 Å². The van der Waals surface area contributed by atoms with Crippen LogP contribution >= 0.6 is 15.9 Å². The molecular formula is C12H13BrN2O2. The van der Waals surface area contributed by atoms with Crippen LogP contribution in [0, 0.1) is 0 Å². The van der Waals surface area contributed by atoms with Crippen molar-refractivity contribution in [3.63, 3.8) is 0 Å². The Bertz CT molecular complexity index is 596. The summed E-state index contributed by atoms with van der Waals surface area (Å²) in [5.41, 5.74) is 2.51. The Morgan fingerprint density at radius 2 is 2.06 bits per heavy atom. The number of nitrogens with zero attached hydrogens (tertiary/aromatic N) is 1. The zero-order valence-corrected chi connectivity index (χ0v) is 11.4. The van der Waals surface area contributed by atoms with E-state index in [-0.39, 0.29) is 11.2 Å². The van der Waals surface area contributed by atoms with Crippen LogP contribution in [0.4, 0.5) is 0 Å². The molecule has 2 N–H and O–H groups in total. The molecule has 5 heteroatoms. The van der Waals surface area contributed by atoms with Crippen molar-refractivity contribution in [2.75, 3.05) is 0 Å². The molecule has 0 radical (unpaired) electrons. The lowest BCUT2D eigenvalue weighted by Gasteiger charge is -2.19. The van der Waals surface area contributed by atoms with Crippen molar-refractivity contribution < 1.29 is 9.90 Å². The summed E-state index contributed by atoms with van der Waals surface area (Å²) in [6, 6.07) is 3.92. The number of benzene rings is 1. The summed E-state index contributed by atoms with van der Waals surface area (Å²) >= 11 is 3.43. The van der Waals surface area contributed by atoms with Crippen LogP contribution < -0.4 is 0 Å². The number of aromatic amines is 1. The number of nitrogens with one attached hydrogen (secondary N) is 1. The highest BCUT2D eigenvalue weighted by atomic mass is 79.9. The van der Waals surface area contributed by atoms with Gasteiger partial charge in [-0.05, 0) is 39.0 Å². The molecule has 0 saturated carbocycles. The van der Waals surface area contributed by atoms with Crippen LogP contribution in [0.2, 0.25) is 0 Å². The monoisotopic (exact) mass is 296 g/mol. The average molecular weight is 297 g/mol. The summed E-state index contributed by atoms with van der Waals surface area (Å²) in [5, 5.41) is 8.90. The summed E-state index contributed by atoms with van der Waals surface area (Å²) in [5.74, 6) is -1.09. The van der Waals surface area contributed by atoms with E-state index in [1.165, 1.54) is 0 Å². The Balaban J connectivity index is 2.69. The summed E-state index contributed by atoms with van der Waals surface area (Å²) in [4.78, 5) is 17.7. The Morgan fingerprint density at radius 1 is 1.41 bits per heavy atom. The predicted molar refractivity (Wildman–Crippen MR) is 69.5 cm³/mol. The minimum Gasteiger partial charge on any atom is -0.475 e. The van der Waals surface area contributed by atoms with E-state index in [0.717, 1.165) is 15.6 Å². The van der Waals surface area contributed by atoms with Gasteiger partial charge in [0.1, 0.15) is 5.52 Å². The lowest BCUT2D eigenvalue weighted by molar-refractivity contribution is 0.0685. The van der Waals surface area contributed by atoms with Crippen LogP contribution in [0.3, 0.4) is 0 Å². The van der Waals surface area contributed by atoms with Gasteiger partial charge in [0.2, 0.25) is 5.82 Å². The fourth-order valence-electron chi connectivity index (χ4n) is 1.61. The number of aromatic nitrogens is 2. The van der Waals surface area contributed by atoms with Crippen LogP contribution in [0.5, 0.6) is 0 Å². The normalized spacial score (nSPS) is 12.0. The Morgan fingerprint density at radius 3 is 2.59 bits per heavy atom. The summed E-state index contributed by atoms with van der Waals surface area (Å²) < 4.78 is 0.809. The van der Waals surface area contributed by atoms with Crippen LogP contribution in [0.25, 0.3) is 11.0 Å². The highest BCUT2D eigenvalue weighted by Crippen LogP contribution is 2.30. The van der Waals surface area contributed by atoms with Gasteiger partial charge in [-0.15, -0.1) is 0 Å². The minimum absolute atomic E-state index is 0.00517. The fourth-order valence-corrected chi connectivity index (χ4v) is 2.16. The maximum Gasteiger partial charge on any atom is 0.371 e. The third-order valence-corrected chi connectivity index (χ3v) is 3.21. The van der Waals surface area contributed by atoms with E-state index in [2.05, 4.69) is 46.7 Å². The molecule has 0 aliphatic carbocycles. The molecule has 0 bridgehead atoms. The fraction of sp³-hybridized carbons (Fsp3) is 0.333. The van der Waals surface area contributed by atoms with Crippen molar-refractivity contribution in [2.24, 2.45) is 0 Å². The Hall–Kier alpha value is -1.36. The average Bonchev–Trinajstić information content (AvgIpc) is 2.60. The lowest BCUT2D eigenvalue weighted by Crippen LogP contribution is -2.10. The van der Waals surface area contributed by atoms with E-state index in [1.807, 2.05) is 12.1 Å². The van der Waals surface area contributed by atoms with E-state index in [0.29, 0.717) is 5.52 Å². The van der Waals surface area contributed by atoms with Gasteiger partial charge in [0.25, 0.3) is 0 Å². The van der Waals surface area contributed by atoms with Crippen molar-refractivity contribution in [3.05, 3.63) is 28.0 Å². The Kier molecular flexibility index (Phi) is 2.73. The van der Waals surface area contributed by atoms with E-state index < -0.39 is 5.97 Å². The molecular weight excluding hydrogens is 284 g/mol. The van der Waals surface area contributed by atoms with Gasteiger partial charge in [-0.25, -0.2) is 9.78 Å². The summed E-state index contributed by atoms with van der Waals surface area (Å²) in [6.07, 6.45) is 0. The zero-order valence-electron chi connectivity index (χ0n) is 9.84. The molecule has 0 aliphatic heterocycles. The maximum absolute atomic E-state index is 10.9. The molecule has 1 aromatic heterocycles. The van der Waals surface area contributed by atoms with Crippen molar-refractivity contribution in [1.29, 1.82) is 0 Å². The first kappa shape index (κ1) is 12.1.